The van der Waals surface area contributed by atoms with Crippen LogP contribution in [-0.4, -0.2) is 42.9 Å². The maximum Gasteiger partial charge on any atom is 0.225 e. The van der Waals surface area contributed by atoms with Crippen molar-refractivity contribution in [3.05, 3.63) is 0 Å². The van der Waals surface area contributed by atoms with E-state index in [9.17, 15) is 4.79 Å². The minimum absolute atomic E-state index is 0.168. The van der Waals surface area contributed by atoms with Crippen LogP contribution in [0, 0.1) is 5.92 Å². The average Bonchev–Trinajstić information content (AvgIpc) is 2.25. The smallest absolute Gasteiger partial charge is 0.225 e. The van der Waals surface area contributed by atoms with Gasteiger partial charge in [-0.05, 0) is 12.8 Å². The molecule has 0 spiro atoms. The number of alkyl halides is 1. The summed E-state index contributed by atoms with van der Waals surface area (Å²) in [5.74, 6) is 0.428. The molecule has 0 rings (SSSR count). The molecule has 0 radical (unpaired) electrons. The van der Waals surface area contributed by atoms with E-state index in [0.717, 1.165) is 24.7 Å². The third-order valence-electron chi connectivity index (χ3n) is 2.57. The van der Waals surface area contributed by atoms with Crippen LogP contribution in [0.5, 0.6) is 0 Å². The van der Waals surface area contributed by atoms with Crippen LogP contribution in [0.4, 0.5) is 0 Å². The third kappa shape index (κ3) is 5.52. The molecule has 0 aromatic heterocycles. The largest absolute Gasteiger partial charge is 0.383 e. The molecule has 0 aliphatic heterocycles. The van der Waals surface area contributed by atoms with E-state index >= 15 is 0 Å². The Balaban J connectivity index is 4.24. The molecule has 15 heavy (non-hydrogen) atoms. The number of carbonyl (C=O) groups is 1. The second-order valence-corrected chi connectivity index (χ2v) is 4.31. The van der Waals surface area contributed by atoms with Crippen molar-refractivity contribution >= 4 is 21.8 Å². The predicted molar refractivity (Wildman–Crippen MR) is 66.3 cm³/mol. The summed E-state index contributed by atoms with van der Waals surface area (Å²) >= 11 is 3.37. The van der Waals surface area contributed by atoms with Gasteiger partial charge in [0.15, 0.2) is 0 Å². The lowest BCUT2D eigenvalue weighted by Crippen LogP contribution is -2.39. The minimum atomic E-state index is 0.168. The number of ether oxygens (including phenoxy) is 1. The summed E-state index contributed by atoms with van der Waals surface area (Å²) < 4.78 is 5.01. The molecule has 3 nitrogen and oxygen atoms in total. The second kappa shape index (κ2) is 9.16. The first-order chi connectivity index (χ1) is 7.21. The summed E-state index contributed by atoms with van der Waals surface area (Å²) in [5, 5.41) is 0.822. The molecule has 0 aliphatic carbocycles. The van der Waals surface area contributed by atoms with Gasteiger partial charge >= 0.3 is 0 Å². The van der Waals surface area contributed by atoms with Crippen molar-refractivity contribution in [1.29, 1.82) is 0 Å². The number of hydrogen-bond acceptors (Lipinski definition) is 2. The number of rotatable bonds is 8. The Morgan fingerprint density at radius 2 is 1.93 bits per heavy atom. The number of carbonyl (C=O) groups excluding carboxylic acids is 1. The van der Waals surface area contributed by atoms with Crippen molar-refractivity contribution in [2.75, 3.05) is 32.1 Å². The van der Waals surface area contributed by atoms with E-state index in [1.165, 1.54) is 0 Å². The summed E-state index contributed by atoms with van der Waals surface area (Å²) in [6.07, 6.45) is 1.84. The van der Waals surface area contributed by atoms with Crippen molar-refractivity contribution in [2.45, 2.75) is 26.7 Å². The maximum absolute atomic E-state index is 12.1. The standard InChI is InChI=1S/C11H22BrNO2/c1-4-10(5-2)11(14)13(7-6-12)8-9-15-3/h10H,4-9H2,1-3H3. The lowest BCUT2D eigenvalue weighted by molar-refractivity contribution is -0.136. The van der Waals surface area contributed by atoms with Gasteiger partial charge in [-0.15, -0.1) is 0 Å². The fourth-order valence-corrected chi connectivity index (χ4v) is 1.96. The molecule has 4 heteroatoms. The van der Waals surface area contributed by atoms with Gasteiger partial charge < -0.3 is 9.64 Å². The van der Waals surface area contributed by atoms with E-state index in [0.29, 0.717) is 13.2 Å². The van der Waals surface area contributed by atoms with Gasteiger partial charge in [-0.1, -0.05) is 29.8 Å². The highest BCUT2D eigenvalue weighted by atomic mass is 79.9. The molecule has 0 atom stereocenters. The zero-order valence-electron chi connectivity index (χ0n) is 9.96. The van der Waals surface area contributed by atoms with Crippen LogP contribution in [0.2, 0.25) is 0 Å². The van der Waals surface area contributed by atoms with Crippen LogP contribution in [0.25, 0.3) is 0 Å². The Kier molecular flexibility index (Phi) is 9.10. The van der Waals surface area contributed by atoms with E-state index in [1.807, 2.05) is 4.90 Å². The topological polar surface area (TPSA) is 29.5 Å². The minimum Gasteiger partial charge on any atom is -0.383 e. The first kappa shape index (κ1) is 14.9. The molecule has 1 amide bonds. The van der Waals surface area contributed by atoms with Crippen molar-refractivity contribution in [3.8, 4) is 0 Å². The Morgan fingerprint density at radius 3 is 2.33 bits per heavy atom. The maximum atomic E-state index is 12.1. The number of methoxy groups -OCH3 is 1. The summed E-state index contributed by atoms with van der Waals surface area (Å²) in [5.41, 5.74) is 0. The molecule has 0 N–H and O–H groups in total. The number of nitrogens with zero attached hydrogens (tertiary/aromatic N) is 1. The van der Waals surface area contributed by atoms with Crippen LogP contribution < -0.4 is 0 Å². The fourth-order valence-electron chi connectivity index (χ4n) is 1.53. The number of amides is 1. The van der Waals surface area contributed by atoms with Gasteiger partial charge in [0, 0.05) is 31.4 Å². The highest BCUT2D eigenvalue weighted by Crippen LogP contribution is 2.12. The van der Waals surface area contributed by atoms with E-state index < -0.39 is 0 Å². The molecule has 0 aromatic rings. The third-order valence-corrected chi connectivity index (χ3v) is 2.92. The van der Waals surface area contributed by atoms with Crippen molar-refractivity contribution < 1.29 is 9.53 Å². The van der Waals surface area contributed by atoms with Crippen LogP contribution in [0.1, 0.15) is 26.7 Å². The van der Waals surface area contributed by atoms with Gasteiger partial charge in [-0.2, -0.15) is 0 Å². The van der Waals surface area contributed by atoms with E-state index in [2.05, 4.69) is 29.8 Å². The zero-order valence-corrected chi connectivity index (χ0v) is 11.5. The fraction of sp³-hybridized carbons (Fsp3) is 0.909. The Bertz CT molecular complexity index is 172. The highest BCUT2D eigenvalue weighted by Gasteiger charge is 2.20. The van der Waals surface area contributed by atoms with Gasteiger partial charge in [0.2, 0.25) is 5.91 Å². The Labute approximate surface area is 101 Å². The Hall–Kier alpha value is -0.0900. The molecule has 0 fully saturated rings. The summed E-state index contributed by atoms with van der Waals surface area (Å²) in [4.78, 5) is 13.9. The van der Waals surface area contributed by atoms with Crippen molar-refractivity contribution in [1.82, 2.24) is 4.90 Å². The van der Waals surface area contributed by atoms with Gasteiger partial charge in [0.1, 0.15) is 0 Å². The number of hydrogen-bond donors (Lipinski definition) is 0. The lowest BCUT2D eigenvalue weighted by Gasteiger charge is -2.25. The molecule has 0 bridgehead atoms. The van der Waals surface area contributed by atoms with Crippen LogP contribution in [0.15, 0.2) is 0 Å². The van der Waals surface area contributed by atoms with Crippen LogP contribution in [0.3, 0.4) is 0 Å². The molecular formula is C11H22BrNO2. The highest BCUT2D eigenvalue weighted by molar-refractivity contribution is 9.09. The van der Waals surface area contributed by atoms with E-state index in [1.54, 1.807) is 7.11 Å². The molecule has 0 aromatic carbocycles. The van der Waals surface area contributed by atoms with Crippen LogP contribution >= 0.6 is 15.9 Å². The summed E-state index contributed by atoms with van der Waals surface area (Å²) in [6.45, 7) is 6.19. The van der Waals surface area contributed by atoms with Crippen molar-refractivity contribution in [2.24, 2.45) is 5.92 Å². The average molecular weight is 280 g/mol. The van der Waals surface area contributed by atoms with Crippen LogP contribution in [-0.2, 0) is 9.53 Å². The molecule has 0 heterocycles. The molecule has 0 saturated heterocycles. The molecule has 0 aliphatic rings. The van der Waals surface area contributed by atoms with Gasteiger partial charge in [-0.3, -0.25) is 4.79 Å². The van der Waals surface area contributed by atoms with Gasteiger partial charge in [-0.25, -0.2) is 0 Å². The first-order valence-corrected chi connectivity index (χ1v) is 6.67. The molecular weight excluding hydrogens is 258 g/mol. The normalized spacial score (nSPS) is 10.7. The first-order valence-electron chi connectivity index (χ1n) is 5.54. The zero-order chi connectivity index (χ0) is 11.7. The number of halogens is 1. The molecule has 0 saturated carbocycles. The summed E-state index contributed by atoms with van der Waals surface area (Å²) in [6, 6.07) is 0. The van der Waals surface area contributed by atoms with E-state index in [-0.39, 0.29) is 11.8 Å². The molecule has 0 unspecified atom stereocenters. The van der Waals surface area contributed by atoms with Gasteiger partial charge in [0.25, 0.3) is 0 Å². The monoisotopic (exact) mass is 279 g/mol. The lowest BCUT2D eigenvalue weighted by atomic mass is 10.0. The SMILES string of the molecule is CCC(CC)C(=O)N(CCBr)CCOC. The van der Waals surface area contributed by atoms with Crippen molar-refractivity contribution in [3.63, 3.8) is 0 Å². The quantitative estimate of drug-likeness (QED) is 0.638. The molecule has 90 valence electrons. The van der Waals surface area contributed by atoms with Gasteiger partial charge in [0.05, 0.1) is 6.61 Å². The predicted octanol–water partition coefficient (Wildman–Crippen LogP) is 2.29. The van der Waals surface area contributed by atoms with E-state index in [4.69, 9.17) is 4.74 Å². The second-order valence-electron chi connectivity index (χ2n) is 3.52. The Morgan fingerprint density at radius 1 is 1.33 bits per heavy atom. The summed E-state index contributed by atoms with van der Waals surface area (Å²) in [7, 11) is 1.66.